The average Bonchev–Trinajstić information content (AvgIpc) is 3.17. The summed E-state index contributed by atoms with van der Waals surface area (Å²) in [7, 11) is 1.57. The summed E-state index contributed by atoms with van der Waals surface area (Å²) in [6.07, 6.45) is -0.640. The van der Waals surface area contributed by atoms with Gasteiger partial charge in [-0.3, -0.25) is 4.79 Å². The third kappa shape index (κ3) is 4.79. The quantitative estimate of drug-likeness (QED) is 0.325. The zero-order valence-corrected chi connectivity index (χ0v) is 20.5. The first-order valence-electron chi connectivity index (χ1n) is 11.6. The molecule has 2 aromatic heterocycles. The SMILES string of the molecule is CCc1c(C(=O)c2ccc(OC)cc2)c2ccc(C)nc2n1Cc1ccc(F)c(OC(C)C(=O)O)c1. The molecule has 1 unspecified atom stereocenters. The minimum Gasteiger partial charge on any atom is -0.497 e. The Morgan fingerprint density at radius 3 is 2.47 bits per heavy atom. The van der Waals surface area contributed by atoms with Crippen molar-refractivity contribution in [1.82, 2.24) is 9.55 Å². The number of rotatable bonds is 9. The van der Waals surface area contributed by atoms with Gasteiger partial charge in [0.15, 0.2) is 23.5 Å². The number of fused-ring (bicyclic) bond motifs is 1. The number of hydrogen-bond donors (Lipinski definition) is 1. The average molecular weight is 491 g/mol. The molecule has 4 aromatic rings. The van der Waals surface area contributed by atoms with E-state index in [1.165, 1.54) is 19.1 Å². The van der Waals surface area contributed by atoms with Gasteiger partial charge in [0.1, 0.15) is 11.4 Å². The molecule has 0 aliphatic rings. The van der Waals surface area contributed by atoms with Crippen LogP contribution in [-0.4, -0.2) is 39.6 Å². The second-order valence-corrected chi connectivity index (χ2v) is 8.51. The van der Waals surface area contributed by atoms with Gasteiger partial charge in [0.25, 0.3) is 0 Å². The van der Waals surface area contributed by atoms with Gasteiger partial charge in [-0.15, -0.1) is 0 Å². The number of carbonyl (C=O) groups excluding carboxylic acids is 1. The van der Waals surface area contributed by atoms with Crippen molar-refractivity contribution in [2.45, 2.75) is 39.8 Å². The molecule has 4 rings (SSSR count). The molecule has 0 saturated carbocycles. The third-order valence-electron chi connectivity index (χ3n) is 6.06. The molecule has 0 radical (unpaired) electrons. The van der Waals surface area contributed by atoms with E-state index in [1.807, 2.05) is 30.5 Å². The monoisotopic (exact) mass is 490 g/mol. The molecule has 1 atom stereocenters. The molecule has 0 saturated heterocycles. The standard InChI is InChI=1S/C28H27FN2O5/c1-5-23-25(26(32)19-8-10-20(35-4)11-9-19)21-12-6-16(2)30-27(21)31(23)15-18-7-13-22(29)24(14-18)36-17(3)28(33)34/h6-14,17H,5,15H2,1-4H3,(H,33,34). The summed E-state index contributed by atoms with van der Waals surface area (Å²) in [6.45, 7) is 5.48. The maximum absolute atomic E-state index is 14.3. The number of benzene rings is 2. The lowest BCUT2D eigenvalue weighted by atomic mass is 9.99. The van der Waals surface area contributed by atoms with Gasteiger partial charge in [0.05, 0.1) is 12.7 Å². The molecule has 36 heavy (non-hydrogen) atoms. The maximum atomic E-state index is 14.3. The number of ketones is 1. The van der Waals surface area contributed by atoms with Crippen molar-refractivity contribution in [3.8, 4) is 11.5 Å². The van der Waals surface area contributed by atoms with Crippen molar-refractivity contribution in [2.24, 2.45) is 0 Å². The molecule has 186 valence electrons. The summed E-state index contributed by atoms with van der Waals surface area (Å²) in [5, 5.41) is 9.86. The number of nitrogens with zero attached hydrogens (tertiary/aromatic N) is 2. The lowest BCUT2D eigenvalue weighted by Gasteiger charge is -2.14. The molecule has 1 N–H and O–H groups in total. The van der Waals surface area contributed by atoms with Gasteiger partial charge in [-0.05, 0) is 74.4 Å². The largest absolute Gasteiger partial charge is 0.497 e. The second-order valence-electron chi connectivity index (χ2n) is 8.51. The minimum absolute atomic E-state index is 0.123. The van der Waals surface area contributed by atoms with Gasteiger partial charge in [0, 0.05) is 28.9 Å². The molecule has 7 nitrogen and oxygen atoms in total. The summed E-state index contributed by atoms with van der Waals surface area (Å²) >= 11 is 0. The van der Waals surface area contributed by atoms with E-state index in [0.29, 0.717) is 41.1 Å². The number of aliphatic carboxylic acids is 1. The predicted molar refractivity (Wildman–Crippen MR) is 134 cm³/mol. The van der Waals surface area contributed by atoms with Gasteiger partial charge >= 0.3 is 5.97 Å². The van der Waals surface area contributed by atoms with Crippen LogP contribution in [0.3, 0.4) is 0 Å². The number of halogens is 1. The molecule has 0 aliphatic heterocycles. The van der Waals surface area contributed by atoms with Crippen LogP contribution >= 0.6 is 0 Å². The first kappa shape index (κ1) is 24.9. The Bertz CT molecular complexity index is 1440. The summed E-state index contributed by atoms with van der Waals surface area (Å²) in [5.41, 5.74) is 4.03. The molecule has 0 amide bonds. The fourth-order valence-electron chi connectivity index (χ4n) is 4.20. The van der Waals surface area contributed by atoms with Gasteiger partial charge < -0.3 is 19.1 Å². The van der Waals surface area contributed by atoms with E-state index in [2.05, 4.69) is 0 Å². The smallest absolute Gasteiger partial charge is 0.344 e. The lowest BCUT2D eigenvalue weighted by molar-refractivity contribution is -0.144. The Kier molecular flexibility index (Phi) is 7.05. The molecule has 8 heteroatoms. The zero-order chi connectivity index (χ0) is 26.0. The van der Waals surface area contributed by atoms with E-state index in [4.69, 9.17) is 19.6 Å². The van der Waals surface area contributed by atoms with Crippen molar-refractivity contribution >= 4 is 22.8 Å². The maximum Gasteiger partial charge on any atom is 0.344 e. The number of carbonyl (C=O) groups is 2. The van der Waals surface area contributed by atoms with Crippen molar-refractivity contribution in [1.29, 1.82) is 0 Å². The number of aromatic nitrogens is 2. The Hall–Kier alpha value is -4.20. The second kappa shape index (κ2) is 10.2. The number of carboxylic acid groups (broad SMARTS) is 1. The molecule has 0 aliphatic carbocycles. The van der Waals surface area contributed by atoms with Crippen molar-refractivity contribution in [3.63, 3.8) is 0 Å². The molecule has 0 bridgehead atoms. The van der Waals surface area contributed by atoms with E-state index in [-0.39, 0.29) is 11.5 Å². The number of aryl methyl sites for hydroxylation is 1. The number of pyridine rings is 1. The summed E-state index contributed by atoms with van der Waals surface area (Å²) in [5.74, 6) is -1.44. The van der Waals surface area contributed by atoms with Crippen LogP contribution in [0.1, 0.15) is 46.7 Å². The third-order valence-corrected chi connectivity index (χ3v) is 6.06. The van der Waals surface area contributed by atoms with Crippen LogP contribution in [0.2, 0.25) is 0 Å². The highest BCUT2D eigenvalue weighted by Gasteiger charge is 2.24. The molecular formula is C28H27FN2O5. The Morgan fingerprint density at radius 1 is 1.11 bits per heavy atom. The van der Waals surface area contributed by atoms with Crippen molar-refractivity contribution in [3.05, 3.63) is 88.5 Å². The van der Waals surface area contributed by atoms with Crippen LogP contribution in [0.15, 0.2) is 54.6 Å². The predicted octanol–water partition coefficient (Wildman–Crippen LogP) is 5.19. The highest BCUT2D eigenvalue weighted by Crippen LogP contribution is 2.30. The van der Waals surface area contributed by atoms with E-state index in [1.54, 1.807) is 37.4 Å². The first-order chi connectivity index (χ1) is 17.2. The van der Waals surface area contributed by atoms with Crippen LogP contribution in [0.5, 0.6) is 11.5 Å². The molecule has 2 heterocycles. The Morgan fingerprint density at radius 2 is 1.83 bits per heavy atom. The highest BCUT2D eigenvalue weighted by molar-refractivity contribution is 6.17. The van der Waals surface area contributed by atoms with Crippen LogP contribution in [-0.2, 0) is 17.8 Å². The minimum atomic E-state index is -1.20. The number of hydrogen-bond acceptors (Lipinski definition) is 5. The van der Waals surface area contributed by atoms with Crippen LogP contribution in [0.4, 0.5) is 4.39 Å². The van der Waals surface area contributed by atoms with Crippen molar-refractivity contribution < 1.29 is 28.6 Å². The fraction of sp³-hybridized carbons (Fsp3) is 0.250. The summed E-state index contributed by atoms with van der Waals surface area (Å²) in [4.78, 5) is 29.6. The summed E-state index contributed by atoms with van der Waals surface area (Å²) < 4.78 is 26.8. The van der Waals surface area contributed by atoms with Gasteiger partial charge in [-0.25, -0.2) is 14.2 Å². The molecule has 0 fully saturated rings. The topological polar surface area (TPSA) is 90.6 Å². The normalized spacial score (nSPS) is 11.9. The van der Waals surface area contributed by atoms with Crippen LogP contribution in [0.25, 0.3) is 11.0 Å². The van der Waals surface area contributed by atoms with Gasteiger partial charge in [-0.1, -0.05) is 13.0 Å². The molecule has 0 spiro atoms. The van der Waals surface area contributed by atoms with Crippen molar-refractivity contribution in [2.75, 3.05) is 7.11 Å². The van der Waals surface area contributed by atoms with E-state index < -0.39 is 17.9 Å². The lowest BCUT2D eigenvalue weighted by Crippen LogP contribution is -2.23. The van der Waals surface area contributed by atoms with E-state index in [0.717, 1.165) is 16.8 Å². The number of carboxylic acids is 1. The highest BCUT2D eigenvalue weighted by atomic mass is 19.1. The Balaban J connectivity index is 1.81. The first-order valence-corrected chi connectivity index (χ1v) is 11.6. The van der Waals surface area contributed by atoms with E-state index in [9.17, 15) is 14.0 Å². The van der Waals surface area contributed by atoms with Crippen LogP contribution in [0, 0.1) is 12.7 Å². The van der Waals surface area contributed by atoms with Gasteiger partial charge in [-0.2, -0.15) is 0 Å². The molecule has 2 aromatic carbocycles. The number of ether oxygens (including phenoxy) is 2. The van der Waals surface area contributed by atoms with Gasteiger partial charge in [0.2, 0.25) is 0 Å². The summed E-state index contributed by atoms with van der Waals surface area (Å²) in [6, 6.07) is 15.1. The zero-order valence-electron chi connectivity index (χ0n) is 20.5. The fourth-order valence-corrected chi connectivity index (χ4v) is 4.20. The Labute approximate surface area is 208 Å². The van der Waals surface area contributed by atoms with Crippen LogP contribution < -0.4 is 9.47 Å². The van der Waals surface area contributed by atoms with E-state index >= 15 is 0 Å². The number of methoxy groups -OCH3 is 1. The molecular weight excluding hydrogens is 463 g/mol.